The molecule has 0 saturated carbocycles. The van der Waals surface area contributed by atoms with Crippen LogP contribution in [0.4, 0.5) is 21.0 Å². The minimum atomic E-state index is -1.62. The Balaban J connectivity index is 2.31. The SMILES string of the molecule is CC(C)[C@H](NC(=O)CCCCN=[N+]=[N-])C(=O)N[C@@H](CCCNC(N)=O)C(=O)C(OC(=O)Oc1ccc([N+](=O)[O-])cc1)c1ccc(N)cc1. The number of non-ortho nitro benzene ring substituents is 1. The quantitative estimate of drug-likeness (QED) is 0.0167. The number of nitrogens with zero attached hydrogens (tertiary/aromatic N) is 4. The number of azide groups is 1. The van der Waals surface area contributed by atoms with Crippen molar-refractivity contribution in [3.05, 3.63) is 74.7 Å². The second-order valence-electron chi connectivity index (χ2n) is 10.9. The lowest BCUT2D eigenvalue weighted by molar-refractivity contribution is -0.384. The number of primary amides is 1. The molecule has 0 bridgehead atoms. The Hall–Kier alpha value is -5.90. The van der Waals surface area contributed by atoms with Crippen LogP contribution in [0.5, 0.6) is 5.75 Å². The van der Waals surface area contributed by atoms with E-state index in [2.05, 4.69) is 26.0 Å². The van der Waals surface area contributed by atoms with Gasteiger partial charge in [0.25, 0.3) is 5.69 Å². The Morgan fingerprint density at radius 3 is 2.25 bits per heavy atom. The number of nitrogen functional groups attached to an aromatic ring is 1. The Morgan fingerprint density at radius 2 is 1.67 bits per heavy atom. The lowest BCUT2D eigenvalue weighted by atomic mass is 9.95. The molecule has 7 N–H and O–H groups in total. The first-order chi connectivity index (χ1) is 22.8. The summed E-state index contributed by atoms with van der Waals surface area (Å²) in [5.41, 5.74) is 19.6. The largest absolute Gasteiger partial charge is 0.514 e. The highest BCUT2D eigenvalue weighted by atomic mass is 16.7. The van der Waals surface area contributed by atoms with E-state index in [9.17, 15) is 34.1 Å². The van der Waals surface area contributed by atoms with Gasteiger partial charge in [-0.25, -0.2) is 9.59 Å². The Bertz CT molecular complexity index is 1480. The van der Waals surface area contributed by atoms with E-state index in [1.165, 1.54) is 36.4 Å². The summed E-state index contributed by atoms with van der Waals surface area (Å²) in [6.07, 6.45) is -1.82. The number of rotatable bonds is 19. The number of nitrogens with two attached hydrogens (primary N) is 2. The summed E-state index contributed by atoms with van der Waals surface area (Å²) in [6.45, 7) is 3.69. The van der Waals surface area contributed by atoms with Crippen LogP contribution in [-0.4, -0.2) is 59.9 Å². The molecule has 1 unspecified atom stereocenters. The van der Waals surface area contributed by atoms with Gasteiger partial charge in [0.05, 0.1) is 11.0 Å². The summed E-state index contributed by atoms with van der Waals surface area (Å²) in [7, 11) is 0. The lowest BCUT2D eigenvalue weighted by Crippen LogP contribution is -2.54. The number of hydrogen-bond acceptors (Lipinski definition) is 11. The van der Waals surface area contributed by atoms with Gasteiger partial charge in [0.2, 0.25) is 11.8 Å². The average molecular weight is 670 g/mol. The standard InChI is InChI=1S/C30H39N9O9/c1-18(2)25(37-24(40)7-3-4-17-35-38-33)28(42)36-23(6-5-16-34-29(32)43)26(41)27(19-8-10-20(31)11-9-19)48-30(44)47-22-14-12-21(13-15-22)39(45)46/h8-15,18,23,25,27H,3-7,16-17,31H2,1-2H3,(H,36,42)(H,37,40)(H3,32,34,43)/t23-,25-,27?/m0/s1. The molecule has 0 aliphatic rings. The molecule has 18 heteroatoms. The maximum Gasteiger partial charge on any atom is 0.514 e. The summed E-state index contributed by atoms with van der Waals surface area (Å²) in [6, 6.07) is 7.30. The second kappa shape index (κ2) is 19.6. The number of anilines is 1. The van der Waals surface area contributed by atoms with Gasteiger partial charge in [-0.15, -0.1) is 0 Å². The number of hydrogen-bond donors (Lipinski definition) is 5. The molecular formula is C30H39N9O9. The van der Waals surface area contributed by atoms with Gasteiger partial charge >= 0.3 is 12.2 Å². The Morgan fingerprint density at radius 1 is 1.00 bits per heavy atom. The summed E-state index contributed by atoms with van der Waals surface area (Å²) in [5.74, 6) is -2.36. The van der Waals surface area contributed by atoms with Gasteiger partial charge in [-0.3, -0.25) is 24.5 Å². The number of nitro benzene ring substituents is 1. The molecule has 18 nitrogen and oxygen atoms in total. The fourth-order valence-electron chi connectivity index (χ4n) is 4.35. The van der Waals surface area contributed by atoms with Crippen molar-refractivity contribution in [3.8, 4) is 5.75 Å². The van der Waals surface area contributed by atoms with Gasteiger partial charge in [-0.1, -0.05) is 31.1 Å². The molecule has 0 aliphatic heterocycles. The van der Waals surface area contributed by atoms with Gasteiger partial charge in [0.15, 0.2) is 11.9 Å². The fourth-order valence-corrected chi connectivity index (χ4v) is 4.35. The van der Waals surface area contributed by atoms with E-state index in [1.807, 2.05) is 0 Å². The van der Waals surface area contributed by atoms with E-state index in [1.54, 1.807) is 13.8 Å². The number of carbonyl (C=O) groups is 5. The van der Waals surface area contributed by atoms with Crippen LogP contribution >= 0.6 is 0 Å². The molecule has 4 amide bonds. The monoisotopic (exact) mass is 669 g/mol. The summed E-state index contributed by atoms with van der Waals surface area (Å²) < 4.78 is 10.6. The Kier molecular flexibility index (Phi) is 15.6. The second-order valence-corrected chi connectivity index (χ2v) is 10.9. The fraction of sp³-hybridized carbons (Fsp3) is 0.433. The molecule has 48 heavy (non-hydrogen) atoms. The predicted octanol–water partition coefficient (Wildman–Crippen LogP) is 3.56. The number of amides is 4. The van der Waals surface area contributed by atoms with Gasteiger partial charge in [-0.2, -0.15) is 0 Å². The number of unbranched alkanes of at least 4 members (excludes halogenated alkanes) is 1. The van der Waals surface area contributed by atoms with E-state index in [-0.39, 0.29) is 49.4 Å². The van der Waals surface area contributed by atoms with Gasteiger partial charge < -0.3 is 36.9 Å². The average Bonchev–Trinajstić information content (AvgIpc) is 3.03. The van der Waals surface area contributed by atoms with Gasteiger partial charge in [-0.05, 0) is 61.4 Å². The van der Waals surface area contributed by atoms with Crippen molar-refractivity contribution < 1.29 is 38.4 Å². The Labute approximate surface area is 275 Å². The highest BCUT2D eigenvalue weighted by Gasteiger charge is 2.35. The van der Waals surface area contributed by atoms with Crippen LogP contribution in [0.3, 0.4) is 0 Å². The molecule has 3 atom stereocenters. The molecule has 0 saturated heterocycles. The van der Waals surface area contributed by atoms with Crippen LogP contribution in [0.2, 0.25) is 0 Å². The number of nitrogens with one attached hydrogen (secondary N) is 3. The van der Waals surface area contributed by atoms with Crippen molar-refractivity contribution >= 4 is 41.2 Å². The number of urea groups is 1. The molecule has 258 valence electrons. The van der Waals surface area contributed by atoms with Crippen LogP contribution in [0.1, 0.15) is 57.6 Å². The molecule has 2 aromatic carbocycles. The summed E-state index contributed by atoms with van der Waals surface area (Å²) in [4.78, 5) is 77.2. The summed E-state index contributed by atoms with van der Waals surface area (Å²) in [5, 5.41) is 22.1. The molecule has 0 heterocycles. The number of benzene rings is 2. The third-order valence-corrected chi connectivity index (χ3v) is 6.83. The molecule has 2 rings (SSSR count). The zero-order valence-electron chi connectivity index (χ0n) is 26.5. The summed E-state index contributed by atoms with van der Waals surface area (Å²) >= 11 is 0. The molecular weight excluding hydrogens is 630 g/mol. The number of Topliss-reactive ketones (excluding diaryl/α,β-unsaturated/α-hetero) is 1. The first-order valence-corrected chi connectivity index (χ1v) is 15.0. The highest BCUT2D eigenvalue weighted by Crippen LogP contribution is 2.25. The first kappa shape index (κ1) is 38.3. The zero-order chi connectivity index (χ0) is 35.6. The van der Waals surface area contributed by atoms with E-state index >= 15 is 0 Å². The van der Waals surface area contributed by atoms with E-state index < -0.39 is 58.8 Å². The first-order valence-electron chi connectivity index (χ1n) is 15.0. The third-order valence-electron chi connectivity index (χ3n) is 6.83. The van der Waals surface area contributed by atoms with Crippen LogP contribution in [0, 0.1) is 16.0 Å². The highest BCUT2D eigenvalue weighted by molar-refractivity contribution is 5.96. The maximum absolute atomic E-state index is 14.1. The van der Waals surface area contributed by atoms with E-state index in [4.69, 9.17) is 26.5 Å². The minimum absolute atomic E-state index is 0.0325. The van der Waals surface area contributed by atoms with Crippen LogP contribution in [0.15, 0.2) is 53.6 Å². The molecule has 0 aliphatic carbocycles. The normalized spacial score (nSPS) is 12.4. The predicted molar refractivity (Wildman–Crippen MR) is 172 cm³/mol. The van der Waals surface area contributed by atoms with Crippen molar-refractivity contribution in [2.45, 2.75) is 64.1 Å². The van der Waals surface area contributed by atoms with Gasteiger partial charge in [0, 0.05) is 47.8 Å². The van der Waals surface area contributed by atoms with Crippen molar-refractivity contribution in [1.82, 2.24) is 16.0 Å². The van der Waals surface area contributed by atoms with Crippen molar-refractivity contribution in [2.24, 2.45) is 16.8 Å². The van der Waals surface area contributed by atoms with E-state index in [0.29, 0.717) is 18.5 Å². The molecule has 2 aromatic rings. The molecule has 0 spiro atoms. The van der Waals surface area contributed by atoms with Crippen molar-refractivity contribution in [3.63, 3.8) is 0 Å². The number of carbonyl (C=O) groups excluding carboxylic acids is 5. The van der Waals surface area contributed by atoms with Crippen molar-refractivity contribution in [2.75, 3.05) is 18.8 Å². The molecule has 0 radical (unpaired) electrons. The number of nitro groups is 1. The topological polar surface area (TPSA) is 284 Å². The minimum Gasteiger partial charge on any atom is -0.418 e. The van der Waals surface area contributed by atoms with Gasteiger partial charge in [0.1, 0.15) is 11.8 Å². The van der Waals surface area contributed by atoms with Crippen LogP contribution < -0.4 is 32.2 Å². The number of ketones is 1. The third kappa shape index (κ3) is 13.2. The smallest absolute Gasteiger partial charge is 0.418 e. The molecule has 0 fully saturated rings. The van der Waals surface area contributed by atoms with Crippen LogP contribution in [0.25, 0.3) is 10.4 Å². The maximum atomic E-state index is 14.1. The van der Waals surface area contributed by atoms with E-state index in [0.717, 1.165) is 12.1 Å². The lowest BCUT2D eigenvalue weighted by Gasteiger charge is -2.27. The van der Waals surface area contributed by atoms with Crippen molar-refractivity contribution in [1.29, 1.82) is 0 Å². The van der Waals surface area contributed by atoms with Crippen LogP contribution in [-0.2, 0) is 19.1 Å². The molecule has 0 aromatic heterocycles. The number of ether oxygens (including phenoxy) is 2. The zero-order valence-corrected chi connectivity index (χ0v) is 26.5.